The van der Waals surface area contributed by atoms with E-state index in [0.717, 1.165) is 18.4 Å². The number of carbonyl (C=O) groups excluding carboxylic acids is 3. The Bertz CT molecular complexity index is 934. The quantitative estimate of drug-likeness (QED) is 0.625. The Morgan fingerprint density at radius 1 is 0.933 bits per heavy atom. The number of rotatable bonds is 10. The van der Waals surface area contributed by atoms with E-state index in [1.54, 1.807) is 12.0 Å². The zero-order chi connectivity index (χ0) is 22.3. The average molecular weight is 412 g/mol. The lowest BCUT2D eigenvalue weighted by Crippen LogP contribution is -2.34. The molecular formula is C23H29N3O4. The third kappa shape index (κ3) is 5.37. The minimum Gasteiger partial charge on any atom is -0.497 e. The molecule has 2 aromatic rings. The van der Waals surface area contributed by atoms with Crippen LogP contribution in [0.25, 0.3) is 0 Å². The zero-order valence-corrected chi connectivity index (χ0v) is 17.7. The standard InChI is InChI=1S/C23H29N3O4/c1-4-9-26(10-5-2)23(29)20-14-16(21(24)27)13-19(22(25)28)18(20)12-15-7-6-8-17(11-15)30-3/h6-8,11,13-14H,4-5,9-10,12H2,1-3H3,(H2,24,27)(H2,25,28). The average Bonchev–Trinajstić information content (AvgIpc) is 2.73. The number of nitrogens with two attached hydrogens (primary N) is 2. The number of methoxy groups -OCH3 is 1. The van der Waals surface area contributed by atoms with Crippen LogP contribution < -0.4 is 16.2 Å². The summed E-state index contributed by atoms with van der Waals surface area (Å²) in [6, 6.07) is 10.2. The summed E-state index contributed by atoms with van der Waals surface area (Å²) in [7, 11) is 1.57. The Morgan fingerprint density at radius 2 is 1.57 bits per heavy atom. The van der Waals surface area contributed by atoms with E-state index < -0.39 is 11.8 Å². The first kappa shape index (κ1) is 22.9. The van der Waals surface area contributed by atoms with Crippen molar-refractivity contribution in [2.75, 3.05) is 20.2 Å². The van der Waals surface area contributed by atoms with Crippen molar-refractivity contribution in [3.05, 3.63) is 64.2 Å². The van der Waals surface area contributed by atoms with Crippen molar-refractivity contribution in [1.82, 2.24) is 4.90 Å². The maximum absolute atomic E-state index is 13.4. The van der Waals surface area contributed by atoms with Crippen molar-refractivity contribution in [1.29, 1.82) is 0 Å². The van der Waals surface area contributed by atoms with Gasteiger partial charge in [-0.1, -0.05) is 26.0 Å². The predicted molar refractivity (Wildman–Crippen MR) is 116 cm³/mol. The summed E-state index contributed by atoms with van der Waals surface area (Å²) in [6.07, 6.45) is 1.85. The Balaban J connectivity index is 2.68. The highest BCUT2D eigenvalue weighted by atomic mass is 16.5. The van der Waals surface area contributed by atoms with E-state index in [2.05, 4.69) is 0 Å². The van der Waals surface area contributed by atoms with Crippen molar-refractivity contribution in [2.24, 2.45) is 11.5 Å². The van der Waals surface area contributed by atoms with Crippen LogP contribution in [-0.4, -0.2) is 42.8 Å². The van der Waals surface area contributed by atoms with Crippen molar-refractivity contribution >= 4 is 17.7 Å². The first-order valence-corrected chi connectivity index (χ1v) is 10.0. The molecule has 4 N–H and O–H groups in total. The molecule has 0 radical (unpaired) electrons. The zero-order valence-electron chi connectivity index (χ0n) is 17.7. The number of nitrogens with zero attached hydrogens (tertiary/aromatic N) is 1. The summed E-state index contributed by atoms with van der Waals surface area (Å²) in [5, 5.41) is 0. The summed E-state index contributed by atoms with van der Waals surface area (Å²) in [4.78, 5) is 39.2. The van der Waals surface area contributed by atoms with Gasteiger partial charge in [0.15, 0.2) is 0 Å². The molecule has 0 saturated heterocycles. The second-order valence-corrected chi connectivity index (χ2v) is 7.10. The molecule has 0 bridgehead atoms. The normalized spacial score (nSPS) is 10.5. The molecule has 0 aliphatic heterocycles. The van der Waals surface area contributed by atoms with Gasteiger partial charge in [-0.25, -0.2) is 0 Å². The molecule has 0 saturated carbocycles. The molecule has 0 unspecified atom stereocenters. The van der Waals surface area contributed by atoms with Crippen LogP contribution in [-0.2, 0) is 6.42 Å². The molecule has 2 rings (SSSR count). The Labute approximate surface area is 177 Å². The topological polar surface area (TPSA) is 116 Å². The number of primary amides is 2. The van der Waals surface area contributed by atoms with Gasteiger partial charge in [0.2, 0.25) is 11.8 Å². The second-order valence-electron chi connectivity index (χ2n) is 7.10. The number of benzene rings is 2. The van der Waals surface area contributed by atoms with Crippen LogP contribution >= 0.6 is 0 Å². The van der Waals surface area contributed by atoms with Gasteiger partial charge < -0.3 is 21.1 Å². The molecule has 0 heterocycles. The molecule has 0 fully saturated rings. The van der Waals surface area contributed by atoms with Gasteiger partial charge >= 0.3 is 0 Å². The largest absolute Gasteiger partial charge is 0.497 e. The van der Waals surface area contributed by atoms with Gasteiger partial charge in [0.25, 0.3) is 5.91 Å². The fourth-order valence-corrected chi connectivity index (χ4v) is 3.43. The van der Waals surface area contributed by atoms with Crippen LogP contribution in [0.3, 0.4) is 0 Å². The molecule has 0 atom stereocenters. The van der Waals surface area contributed by atoms with Crippen LogP contribution in [0.2, 0.25) is 0 Å². The Morgan fingerprint density at radius 3 is 2.10 bits per heavy atom. The monoisotopic (exact) mass is 411 g/mol. The highest BCUT2D eigenvalue weighted by Crippen LogP contribution is 2.25. The molecule has 3 amide bonds. The number of hydrogen-bond acceptors (Lipinski definition) is 4. The highest BCUT2D eigenvalue weighted by Gasteiger charge is 2.24. The molecule has 30 heavy (non-hydrogen) atoms. The Hall–Kier alpha value is -3.35. The maximum atomic E-state index is 13.4. The van der Waals surface area contributed by atoms with E-state index in [-0.39, 0.29) is 29.0 Å². The van der Waals surface area contributed by atoms with Gasteiger partial charge in [0.1, 0.15) is 5.75 Å². The number of hydrogen-bond donors (Lipinski definition) is 2. The summed E-state index contributed by atoms with van der Waals surface area (Å²) in [5.74, 6) is -1.03. The molecule has 2 aromatic carbocycles. The fraction of sp³-hybridized carbons (Fsp3) is 0.348. The first-order valence-electron chi connectivity index (χ1n) is 10.0. The molecule has 0 aromatic heterocycles. The Kier molecular flexibility index (Phi) is 7.98. The molecule has 0 spiro atoms. The molecule has 0 aliphatic carbocycles. The molecule has 7 heteroatoms. The van der Waals surface area contributed by atoms with E-state index in [1.807, 2.05) is 38.1 Å². The molecule has 160 valence electrons. The fourth-order valence-electron chi connectivity index (χ4n) is 3.43. The summed E-state index contributed by atoms with van der Waals surface area (Å²) < 4.78 is 5.27. The van der Waals surface area contributed by atoms with Crippen LogP contribution in [0.4, 0.5) is 0 Å². The van der Waals surface area contributed by atoms with Crippen molar-refractivity contribution in [2.45, 2.75) is 33.1 Å². The second kappa shape index (κ2) is 10.4. The smallest absolute Gasteiger partial charge is 0.254 e. The van der Waals surface area contributed by atoms with Crippen molar-refractivity contribution in [3.63, 3.8) is 0 Å². The third-order valence-corrected chi connectivity index (χ3v) is 4.82. The van der Waals surface area contributed by atoms with E-state index >= 15 is 0 Å². The molecule has 7 nitrogen and oxygen atoms in total. The lowest BCUT2D eigenvalue weighted by Gasteiger charge is -2.24. The number of ether oxygens (including phenoxy) is 1. The van der Waals surface area contributed by atoms with E-state index in [4.69, 9.17) is 16.2 Å². The van der Waals surface area contributed by atoms with E-state index in [1.165, 1.54) is 12.1 Å². The summed E-state index contributed by atoms with van der Waals surface area (Å²) in [5.41, 5.74) is 12.8. The highest BCUT2D eigenvalue weighted by molar-refractivity contribution is 6.05. The summed E-state index contributed by atoms with van der Waals surface area (Å²) >= 11 is 0. The summed E-state index contributed by atoms with van der Waals surface area (Å²) in [6.45, 7) is 5.11. The van der Waals surface area contributed by atoms with Gasteiger partial charge in [-0.2, -0.15) is 0 Å². The predicted octanol–water partition coefficient (Wildman–Crippen LogP) is 2.75. The van der Waals surface area contributed by atoms with Crippen LogP contribution in [0.1, 0.15) is 68.9 Å². The van der Waals surface area contributed by atoms with Crippen molar-refractivity contribution < 1.29 is 19.1 Å². The lowest BCUT2D eigenvalue weighted by molar-refractivity contribution is 0.0754. The number of carbonyl (C=O) groups is 3. The third-order valence-electron chi connectivity index (χ3n) is 4.82. The number of amides is 3. The van der Waals surface area contributed by atoms with Crippen LogP contribution in [0.15, 0.2) is 36.4 Å². The maximum Gasteiger partial charge on any atom is 0.254 e. The SMILES string of the molecule is CCCN(CCC)C(=O)c1cc(C(N)=O)cc(C(N)=O)c1Cc1cccc(OC)c1. The molecule has 0 aliphatic rings. The van der Waals surface area contributed by atoms with Gasteiger partial charge in [0.05, 0.1) is 7.11 Å². The van der Waals surface area contributed by atoms with Gasteiger partial charge in [-0.15, -0.1) is 0 Å². The van der Waals surface area contributed by atoms with Gasteiger partial charge in [-0.05, 0) is 54.7 Å². The minimum atomic E-state index is -0.725. The van der Waals surface area contributed by atoms with Crippen LogP contribution in [0, 0.1) is 0 Å². The first-order chi connectivity index (χ1) is 14.3. The van der Waals surface area contributed by atoms with E-state index in [0.29, 0.717) is 24.4 Å². The minimum absolute atomic E-state index is 0.0782. The van der Waals surface area contributed by atoms with Crippen molar-refractivity contribution in [3.8, 4) is 5.75 Å². The van der Waals surface area contributed by atoms with Gasteiger partial charge in [0, 0.05) is 29.8 Å². The molecular weight excluding hydrogens is 382 g/mol. The van der Waals surface area contributed by atoms with Crippen LogP contribution in [0.5, 0.6) is 5.75 Å². The lowest BCUT2D eigenvalue weighted by atomic mass is 9.91. The van der Waals surface area contributed by atoms with E-state index in [9.17, 15) is 14.4 Å². The van der Waals surface area contributed by atoms with Gasteiger partial charge in [-0.3, -0.25) is 14.4 Å².